The number of nitrogens with zero attached hydrogens (tertiary/aromatic N) is 3. The van der Waals surface area contributed by atoms with E-state index >= 15 is 0 Å². The van der Waals surface area contributed by atoms with Crippen molar-refractivity contribution in [2.45, 2.75) is 44.4 Å². The minimum absolute atomic E-state index is 0.189. The third-order valence-electron chi connectivity index (χ3n) is 5.83. The third kappa shape index (κ3) is 4.05. The van der Waals surface area contributed by atoms with Gasteiger partial charge in [0.25, 0.3) is 0 Å². The predicted octanol–water partition coefficient (Wildman–Crippen LogP) is 1.74. The second kappa shape index (κ2) is 8.30. The first kappa shape index (κ1) is 18.4. The standard InChI is InChI=1S/C20H31N3O2/c1-3-21(2)19(16-8-5-4-6-9-16)20(25)23-14-12-22(13-15-23)17-10-7-11-18(17)24/h4-6,8-9,17-19,24H,3,7,10-15H2,1-2H3/t17-,18-,19+/m1/s1. The number of piperazine rings is 1. The molecule has 3 atom stereocenters. The number of carbonyl (C=O) groups excluding carboxylic acids is 1. The Kier molecular flexibility index (Phi) is 6.10. The Morgan fingerprint density at radius 1 is 1.20 bits per heavy atom. The van der Waals surface area contributed by atoms with Gasteiger partial charge in [0.05, 0.1) is 6.10 Å². The van der Waals surface area contributed by atoms with E-state index in [-0.39, 0.29) is 18.1 Å². The van der Waals surface area contributed by atoms with Crippen LogP contribution in [0.5, 0.6) is 0 Å². The number of aliphatic hydroxyl groups excluding tert-OH is 1. The van der Waals surface area contributed by atoms with Crippen LogP contribution in [0.2, 0.25) is 0 Å². The van der Waals surface area contributed by atoms with E-state index in [9.17, 15) is 9.90 Å². The summed E-state index contributed by atoms with van der Waals surface area (Å²) >= 11 is 0. The maximum absolute atomic E-state index is 13.2. The molecular formula is C20H31N3O2. The van der Waals surface area contributed by atoms with E-state index in [1.807, 2.05) is 42.3 Å². The summed E-state index contributed by atoms with van der Waals surface area (Å²) < 4.78 is 0. The lowest BCUT2D eigenvalue weighted by atomic mass is 10.0. The molecule has 1 saturated heterocycles. The van der Waals surface area contributed by atoms with Gasteiger partial charge in [-0.2, -0.15) is 0 Å². The molecular weight excluding hydrogens is 314 g/mol. The highest BCUT2D eigenvalue weighted by molar-refractivity contribution is 5.83. The van der Waals surface area contributed by atoms with Crippen LogP contribution in [0.15, 0.2) is 30.3 Å². The molecule has 0 unspecified atom stereocenters. The fourth-order valence-electron chi connectivity index (χ4n) is 4.20. The molecule has 0 bridgehead atoms. The van der Waals surface area contributed by atoms with Gasteiger partial charge in [-0.05, 0) is 38.4 Å². The van der Waals surface area contributed by atoms with E-state index < -0.39 is 0 Å². The van der Waals surface area contributed by atoms with E-state index in [2.05, 4.69) is 16.7 Å². The van der Waals surface area contributed by atoms with Gasteiger partial charge in [-0.25, -0.2) is 0 Å². The summed E-state index contributed by atoms with van der Waals surface area (Å²) in [6.45, 7) is 6.16. The monoisotopic (exact) mass is 345 g/mol. The Balaban J connectivity index is 1.65. The highest BCUT2D eigenvalue weighted by atomic mass is 16.3. The molecule has 0 spiro atoms. The Morgan fingerprint density at radius 2 is 1.88 bits per heavy atom. The van der Waals surface area contributed by atoms with Crippen molar-refractivity contribution in [2.24, 2.45) is 0 Å². The number of aliphatic hydroxyl groups is 1. The fraction of sp³-hybridized carbons (Fsp3) is 0.650. The van der Waals surface area contributed by atoms with Crippen LogP contribution < -0.4 is 0 Å². The second-order valence-electron chi connectivity index (χ2n) is 7.31. The van der Waals surface area contributed by atoms with Gasteiger partial charge in [-0.1, -0.05) is 37.3 Å². The molecule has 1 amide bonds. The molecule has 5 heteroatoms. The molecule has 1 aromatic rings. The summed E-state index contributed by atoms with van der Waals surface area (Å²) in [5, 5.41) is 10.1. The Hall–Kier alpha value is -1.43. The topological polar surface area (TPSA) is 47.0 Å². The molecule has 3 rings (SSSR count). The van der Waals surface area contributed by atoms with Crippen LogP contribution in [0.3, 0.4) is 0 Å². The van der Waals surface area contributed by atoms with E-state index in [1.54, 1.807) is 0 Å². The summed E-state index contributed by atoms with van der Waals surface area (Å²) in [6, 6.07) is 10.1. The van der Waals surface area contributed by atoms with Gasteiger partial charge in [0.1, 0.15) is 6.04 Å². The molecule has 1 saturated carbocycles. The molecule has 0 radical (unpaired) electrons. The quantitative estimate of drug-likeness (QED) is 0.883. The van der Waals surface area contributed by atoms with Gasteiger partial charge in [0.2, 0.25) is 5.91 Å². The Bertz CT molecular complexity index is 557. The lowest BCUT2D eigenvalue weighted by Crippen LogP contribution is -2.55. The van der Waals surface area contributed by atoms with Gasteiger partial charge in [0, 0.05) is 32.2 Å². The third-order valence-corrected chi connectivity index (χ3v) is 5.83. The molecule has 2 aliphatic rings. The van der Waals surface area contributed by atoms with Gasteiger partial charge >= 0.3 is 0 Å². The van der Waals surface area contributed by atoms with Crippen LogP contribution in [0, 0.1) is 0 Å². The van der Waals surface area contributed by atoms with Crippen LogP contribution in [-0.2, 0) is 4.79 Å². The molecule has 0 aromatic heterocycles. The van der Waals surface area contributed by atoms with E-state index in [0.717, 1.165) is 57.5 Å². The van der Waals surface area contributed by atoms with Gasteiger partial charge in [0.15, 0.2) is 0 Å². The van der Waals surface area contributed by atoms with E-state index in [4.69, 9.17) is 0 Å². The Morgan fingerprint density at radius 3 is 2.44 bits per heavy atom. The minimum atomic E-state index is -0.213. The summed E-state index contributed by atoms with van der Waals surface area (Å²) in [5.41, 5.74) is 1.06. The van der Waals surface area contributed by atoms with Crippen molar-refractivity contribution in [1.82, 2.24) is 14.7 Å². The molecule has 138 valence electrons. The number of amides is 1. The van der Waals surface area contributed by atoms with Crippen LogP contribution in [-0.4, -0.2) is 77.6 Å². The second-order valence-corrected chi connectivity index (χ2v) is 7.31. The smallest absolute Gasteiger partial charge is 0.244 e. The van der Waals surface area contributed by atoms with Crippen LogP contribution >= 0.6 is 0 Å². The average molecular weight is 345 g/mol. The van der Waals surface area contributed by atoms with Crippen molar-refractivity contribution in [3.63, 3.8) is 0 Å². The summed E-state index contributed by atoms with van der Waals surface area (Å²) in [6.07, 6.45) is 2.93. The van der Waals surface area contributed by atoms with E-state index in [1.165, 1.54) is 0 Å². The zero-order valence-corrected chi connectivity index (χ0v) is 15.5. The maximum Gasteiger partial charge on any atom is 0.244 e. The van der Waals surface area contributed by atoms with Crippen molar-refractivity contribution >= 4 is 5.91 Å². The lowest BCUT2D eigenvalue weighted by molar-refractivity contribution is -0.139. The van der Waals surface area contributed by atoms with Gasteiger partial charge in [-0.15, -0.1) is 0 Å². The molecule has 1 N–H and O–H groups in total. The molecule has 2 fully saturated rings. The number of benzene rings is 1. The van der Waals surface area contributed by atoms with Gasteiger partial charge < -0.3 is 10.0 Å². The predicted molar refractivity (Wildman–Crippen MR) is 99.3 cm³/mol. The number of rotatable bonds is 5. The first-order chi connectivity index (χ1) is 12.1. The molecule has 1 aliphatic carbocycles. The first-order valence-electron chi connectivity index (χ1n) is 9.58. The maximum atomic E-state index is 13.2. The number of hydrogen-bond acceptors (Lipinski definition) is 4. The summed E-state index contributed by atoms with van der Waals surface area (Å²) in [5.74, 6) is 0.196. The molecule has 1 aliphatic heterocycles. The normalized spacial score (nSPS) is 26.2. The number of carbonyl (C=O) groups is 1. The lowest BCUT2D eigenvalue weighted by Gasteiger charge is -2.41. The highest BCUT2D eigenvalue weighted by Crippen LogP contribution is 2.27. The number of likely N-dealkylation sites (N-methyl/N-ethyl adjacent to an activating group) is 1. The van der Waals surface area contributed by atoms with Crippen LogP contribution in [0.25, 0.3) is 0 Å². The van der Waals surface area contributed by atoms with Crippen molar-refractivity contribution < 1.29 is 9.90 Å². The molecule has 25 heavy (non-hydrogen) atoms. The van der Waals surface area contributed by atoms with E-state index in [0.29, 0.717) is 6.04 Å². The minimum Gasteiger partial charge on any atom is -0.391 e. The van der Waals surface area contributed by atoms with Crippen molar-refractivity contribution in [1.29, 1.82) is 0 Å². The van der Waals surface area contributed by atoms with Gasteiger partial charge in [-0.3, -0.25) is 14.6 Å². The summed E-state index contributed by atoms with van der Waals surface area (Å²) in [4.78, 5) is 19.7. The zero-order chi connectivity index (χ0) is 17.8. The summed E-state index contributed by atoms with van der Waals surface area (Å²) in [7, 11) is 2.01. The highest BCUT2D eigenvalue weighted by Gasteiger charge is 2.35. The molecule has 1 heterocycles. The first-order valence-corrected chi connectivity index (χ1v) is 9.58. The Labute approximate surface area is 151 Å². The largest absolute Gasteiger partial charge is 0.391 e. The van der Waals surface area contributed by atoms with Crippen molar-refractivity contribution in [2.75, 3.05) is 39.8 Å². The number of hydrogen-bond donors (Lipinski definition) is 1. The molecule has 1 aromatic carbocycles. The van der Waals surface area contributed by atoms with Crippen molar-refractivity contribution in [3.8, 4) is 0 Å². The molecule has 5 nitrogen and oxygen atoms in total. The SMILES string of the molecule is CCN(C)[C@H](C(=O)N1CCN([C@@H]2CCC[C@H]2O)CC1)c1ccccc1. The van der Waals surface area contributed by atoms with Crippen LogP contribution in [0.1, 0.15) is 37.8 Å². The zero-order valence-electron chi connectivity index (χ0n) is 15.5. The van der Waals surface area contributed by atoms with Crippen LogP contribution in [0.4, 0.5) is 0 Å². The average Bonchev–Trinajstić information content (AvgIpc) is 3.08. The van der Waals surface area contributed by atoms with Crippen molar-refractivity contribution in [3.05, 3.63) is 35.9 Å². The fourth-order valence-corrected chi connectivity index (χ4v) is 4.20.